The molecule has 1 atom stereocenters. The molecule has 1 fully saturated rings. The highest BCUT2D eigenvalue weighted by Gasteiger charge is 2.31. The number of carbonyl (C=O) groups is 1. The summed E-state index contributed by atoms with van der Waals surface area (Å²) >= 11 is 0. The summed E-state index contributed by atoms with van der Waals surface area (Å²) in [5.41, 5.74) is 3.40. The Labute approximate surface area is 163 Å². The van der Waals surface area contributed by atoms with Gasteiger partial charge in [0.2, 0.25) is 0 Å². The molecule has 3 nitrogen and oxygen atoms in total. The molecule has 0 spiro atoms. The van der Waals surface area contributed by atoms with Crippen LogP contribution in [0.25, 0.3) is 0 Å². The Bertz CT molecular complexity index is 838. The van der Waals surface area contributed by atoms with E-state index in [1.165, 1.54) is 28.8 Å². The highest BCUT2D eigenvalue weighted by molar-refractivity contribution is 5.94. The first-order valence-corrected chi connectivity index (χ1v) is 9.45. The zero-order valence-electron chi connectivity index (χ0n) is 16.4. The Morgan fingerprint density at radius 3 is 2.14 bits per heavy atom. The molecule has 1 aliphatic heterocycles. The molecular weight excluding hydrogens is 365 g/mol. The minimum absolute atomic E-state index is 0.215. The van der Waals surface area contributed by atoms with Gasteiger partial charge in [-0.05, 0) is 61.7 Å². The van der Waals surface area contributed by atoms with E-state index < -0.39 is 11.7 Å². The van der Waals surface area contributed by atoms with Crippen LogP contribution in [0.1, 0.15) is 45.6 Å². The van der Waals surface area contributed by atoms with Crippen LogP contribution in [-0.4, -0.2) is 41.9 Å². The molecule has 0 radical (unpaired) electrons. The van der Waals surface area contributed by atoms with E-state index in [2.05, 4.69) is 43.9 Å². The maximum absolute atomic E-state index is 12.7. The molecule has 2 aromatic carbocycles. The standard InChI is InChI=1S/C22H25F3N2O/c1-15-5-4-6-20(16(15)2)17(3)26-11-13-27(14-12-26)21(28)18-7-9-19(10-8-18)22(23,24)25/h4-10,17H,11-14H2,1-3H3/t17-/m1/s1. The smallest absolute Gasteiger partial charge is 0.336 e. The van der Waals surface area contributed by atoms with Gasteiger partial charge in [-0.1, -0.05) is 18.2 Å². The van der Waals surface area contributed by atoms with Crippen molar-refractivity contribution in [3.63, 3.8) is 0 Å². The van der Waals surface area contributed by atoms with E-state index in [0.717, 1.165) is 25.2 Å². The summed E-state index contributed by atoms with van der Waals surface area (Å²) < 4.78 is 38.1. The molecule has 6 heteroatoms. The van der Waals surface area contributed by atoms with Crippen LogP contribution in [0.3, 0.4) is 0 Å². The number of hydrogen-bond acceptors (Lipinski definition) is 2. The fraction of sp³-hybridized carbons (Fsp3) is 0.409. The van der Waals surface area contributed by atoms with Gasteiger partial charge in [-0.25, -0.2) is 0 Å². The summed E-state index contributed by atoms with van der Waals surface area (Å²) in [7, 11) is 0. The first kappa shape index (κ1) is 20.4. The number of nitrogens with zero attached hydrogens (tertiary/aromatic N) is 2. The minimum atomic E-state index is -4.39. The number of hydrogen-bond donors (Lipinski definition) is 0. The largest absolute Gasteiger partial charge is 0.416 e. The Morgan fingerprint density at radius 2 is 1.57 bits per heavy atom. The zero-order chi connectivity index (χ0) is 20.5. The van der Waals surface area contributed by atoms with E-state index in [1.807, 2.05) is 0 Å². The van der Waals surface area contributed by atoms with Gasteiger partial charge >= 0.3 is 6.18 Å². The van der Waals surface area contributed by atoms with Crippen molar-refractivity contribution in [3.05, 3.63) is 70.3 Å². The van der Waals surface area contributed by atoms with E-state index in [9.17, 15) is 18.0 Å². The molecule has 150 valence electrons. The molecule has 1 saturated heterocycles. The number of alkyl halides is 3. The second kappa shape index (κ2) is 7.95. The first-order chi connectivity index (χ1) is 13.2. The summed E-state index contributed by atoms with van der Waals surface area (Å²) in [4.78, 5) is 16.7. The average molecular weight is 390 g/mol. The van der Waals surface area contributed by atoms with Crippen LogP contribution in [0.15, 0.2) is 42.5 Å². The number of piperazine rings is 1. The van der Waals surface area contributed by atoms with Crippen molar-refractivity contribution in [2.45, 2.75) is 33.0 Å². The third-order valence-corrected chi connectivity index (χ3v) is 5.70. The lowest BCUT2D eigenvalue weighted by Crippen LogP contribution is -2.49. The summed E-state index contributed by atoms with van der Waals surface area (Å²) in [5.74, 6) is -0.215. The van der Waals surface area contributed by atoms with Crippen molar-refractivity contribution in [1.29, 1.82) is 0 Å². The van der Waals surface area contributed by atoms with Gasteiger partial charge in [0.05, 0.1) is 5.56 Å². The molecule has 0 aromatic heterocycles. The SMILES string of the molecule is Cc1cccc([C@@H](C)N2CCN(C(=O)c3ccc(C(F)(F)F)cc3)CC2)c1C. The van der Waals surface area contributed by atoms with E-state index >= 15 is 0 Å². The maximum atomic E-state index is 12.7. The van der Waals surface area contributed by atoms with E-state index in [0.29, 0.717) is 18.7 Å². The van der Waals surface area contributed by atoms with Crippen LogP contribution in [0.5, 0.6) is 0 Å². The first-order valence-electron chi connectivity index (χ1n) is 9.45. The zero-order valence-corrected chi connectivity index (χ0v) is 16.4. The molecule has 0 unspecified atom stereocenters. The Balaban J connectivity index is 1.63. The third-order valence-electron chi connectivity index (χ3n) is 5.70. The number of halogens is 3. The monoisotopic (exact) mass is 390 g/mol. The Kier molecular flexibility index (Phi) is 5.79. The fourth-order valence-electron chi connectivity index (χ4n) is 3.72. The molecule has 0 aliphatic carbocycles. The number of benzene rings is 2. The molecule has 3 rings (SSSR count). The third kappa shape index (κ3) is 4.22. The molecular formula is C22H25F3N2O. The van der Waals surface area contributed by atoms with Crippen LogP contribution in [0, 0.1) is 13.8 Å². The lowest BCUT2D eigenvalue weighted by molar-refractivity contribution is -0.137. The predicted octanol–water partition coefficient (Wildman–Crippen LogP) is 4.84. The van der Waals surface area contributed by atoms with Crippen molar-refractivity contribution >= 4 is 5.91 Å². The molecule has 0 saturated carbocycles. The predicted molar refractivity (Wildman–Crippen MR) is 103 cm³/mol. The van der Waals surface area contributed by atoms with Crippen LogP contribution >= 0.6 is 0 Å². The van der Waals surface area contributed by atoms with Crippen molar-refractivity contribution < 1.29 is 18.0 Å². The van der Waals surface area contributed by atoms with Crippen LogP contribution < -0.4 is 0 Å². The van der Waals surface area contributed by atoms with Gasteiger partial charge in [-0.3, -0.25) is 9.69 Å². The molecule has 0 bridgehead atoms. The van der Waals surface area contributed by atoms with Crippen molar-refractivity contribution in [2.24, 2.45) is 0 Å². The number of amides is 1. The van der Waals surface area contributed by atoms with Gasteiger partial charge in [0.15, 0.2) is 0 Å². The normalized spacial score (nSPS) is 16.9. The van der Waals surface area contributed by atoms with Gasteiger partial charge in [0.1, 0.15) is 0 Å². The van der Waals surface area contributed by atoms with Crippen molar-refractivity contribution in [1.82, 2.24) is 9.80 Å². The topological polar surface area (TPSA) is 23.6 Å². The summed E-state index contributed by atoms with van der Waals surface area (Å²) in [6.07, 6.45) is -4.39. The quantitative estimate of drug-likeness (QED) is 0.749. The van der Waals surface area contributed by atoms with Crippen LogP contribution in [0.4, 0.5) is 13.2 Å². The lowest BCUT2D eigenvalue weighted by atomic mass is 9.97. The van der Waals surface area contributed by atoms with Gasteiger partial charge in [0.25, 0.3) is 5.91 Å². The van der Waals surface area contributed by atoms with Gasteiger partial charge in [-0.15, -0.1) is 0 Å². The molecule has 1 aliphatic rings. The maximum Gasteiger partial charge on any atom is 0.416 e. The second-order valence-corrected chi connectivity index (χ2v) is 7.37. The molecule has 1 heterocycles. The van der Waals surface area contributed by atoms with E-state index in [1.54, 1.807) is 4.90 Å². The molecule has 1 amide bonds. The number of carbonyl (C=O) groups excluding carboxylic acids is 1. The Morgan fingerprint density at radius 1 is 0.964 bits per heavy atom. The number of aryl methyl sites for hydroxylation is 1. The lowest BCUT2D eigenvalue weighted by Gasteiger charge is -2.38. The molecule has 28 heavy (non-hydrogen) atoms. The van der Waals surface area contributed by atoms with Gasteiger partial charge < -0.3 is 4.90 Å². The van der Waals surface area contributed by atoms with E-state index in [-0.39, 0.29) is 11.9 Å². The van der Waals surface area contributed by atoms with Crippen molar-refractivity contribution in [3.8, 4) is 0 Å². The summed E-state index contributed by atoms with van der Waals surface area (Å²) in [5, 5.41) is 0. The van der Waals surface area contributed by atoms with Gasteiger partial charge in [-0.2, -0.15) is 13.2 Å². The second-order valence-electron chi connectivity index (χ2n) is 7.37. The molecule has 2 aromatic rings. The summed E-state index contributed by atoms with van der Waals surface area (Å²) in [6.45, 7) is 9.01. The highest BCUT2D eigenvalue weighted by Crippen LogP contribution is 2.30. The average Bonchev–Trinajstić information content (AvgIpc) is 2.68. The van der Waals surface area contributed by atoms with E-state index in [4.69, 9.17) is 0 Å². The van der Waals surface area contributed by atoms with Crippen molar-refractivity contribution in [2.75, 3.05) is 26.2 Å². The van der Waals surface area contributed by atoms with Gasteiger partial charge in [0, 0.05) is 37.8 Å². The fourth-order valence-corrected chi connectivity index (χ4v) is 3.72. The highest BCUT2D eigenvalue weighted by atomic mass is 19.4. The Hall–Kier alpha value is -2.34. The minimum Gasteiger partial charge on any atom is -0.336 e. The number of rotatable bonds is 3. The summed E-state index contributed by atoms with van der Waals surface area (Å²) in [6, 6.07) is 11.0. The van der Waals surface area contributed by atoms with Crippen LogP contribution in [0.2, 0.25) is 0 Å². The van der Waals surface area contributed by atoms with Crippen LogP contribution in [-0.2, 0) is 6.18 Å². The molecule has 0 N–H and O–H groups in total.